The summed E-state index contributed by atoms with van der Waals surface area (Å²) in [5.41, 5.74) is 3.15. The van der Waals surface area contributed by atoms with Gasteiger partial charge in [0.2, 0.25) is 0 Å². The molecule has 8 heteroatoms. The number of para-hydroxylation sites is 1. The maximum absolute atomic E-state index is 13.4. The zero-order chi connectivity index (χ0) is 23.8. The van der Waals surface area contributed by atoms with E-state index < -0.39 is 0 Å². The van der Waals surface area contributed by atoms with Crippen LogP contribution in [-0.2, 0) is 19.4 Å². The number of Topliss-reactive ketones (excluding diaryl/α,β-unsaturated/α-hetero) is 1. The van der Waals surface area contributed by atoms with Crippen molar-refractivity contribution in [1.29, 1.82) is 0 Å². The van der Waals surface area contributed by atoms with Crippen LogP contribution in [0.1, 0.15) is 34.5 Å². The smallest absolute Gasteiger partial charge is 0.282 e. The summed E-state index contributed by atoms with van der Waals surface area (Å²) in [7, 11) is 0. The lowest BCUT2D eigenvalue weighted by molar-refractivity contribution is 0.0990. The maximum Gasteiger partial charge on any atom is 0.282 e. The van der Waals surface area contributed by atoms with Crippen molar-refractivity contribution >= 4 is 11.4 Å². The second kappa shape index (κ2) is 8.72. The number of aromatic nitrogens is 5. The summed E-state index contributed by atoms with van der Waals surface area (Å²) < 4.78 is 11.3. The first-order valence-electron chi connectivity index (χ1n) is 11.7. The van der Waals surface area contributed by atoms with Gasteiger partial charge in [-0.15, -0.1) is 0 Å². The molecule has 0 saturated heterocycles. The van der Waals surface area contributed by atoms with Crippen molar-refractivity contribution in [3.63, 3.8) is 0 Å². The van der Waals surface area contributed by atoms with Gasteiger partial charge in [-0.1, -0.05) is 30.3 Å². The lowest BCUT2D eigenvalue weighted by Crippen LogP contribution is -2.24. The van der Waals surface area contributed by atoms with Crippen molar-refractivity contribution in [1.82, 2.24) is 24.0 Å². The van der Waals surface area contributed by atoms with E-state index in [2.05, 4.69) is 10.1 Å². The number of rotatable bonds is 6. The van der Waals surface area contributed by atoms with Gasteiger partial charge in [0.05, 0.1) is 17.6 Å². The van der Waals surface area contributed by atoms with Crippen LogP contribution < -0.4 is 10.3 Å². The van der Waals surface area contributed by atoms with Gasteiger partial charge in [0.15, 0.2) is 17.2 Å². The van der Waals surface area contributed by atoms with Gasteiger partial charge in [-0.3, -0.25) is 14.3 Å². The van der Waals surface area contributed by atoms with Gasteiger partial charge >= 0.3 is 0 Å². The molecule has 3 aromatic heterocycles. The summed E-state index contributed by atoms with van der Waals surface area (Å²) in [6.07, 6.45) is 7.92. The lowest BCUT2D eigenvalue weighted by atomic mass is 9.99. The summed E-state index contributed by atoms with van der Waals surface area (Å²) in [5.74, 6) is 1.07. The monoisotopic (exact) mass is 465 g/mol. The molecule has 5 aromatic rings. The Morgan fingerprint density at radius 2 is 1.80 bits per heavy atom. The molecule has 0 atom stereocenters. The van der Waals surface area contributed by atoms with Crippen LogP contribution in [0, 0.1) is 0 Å². The molecule has 0 bridgehead atoms. The van der Waals surface area contributed by atoms with Gasteiger partial charge in [0, 0.05) is 31.4 Å². The average Bonchev–Trinajstić information content (AvgIpc) is 3.48. The quantitative estimate of drug-likeness (QED) is 0.351. The summed E-state index contributed by atoms with van der Waals surface area (Å²) in [6.45, 7) is 0.734. The van der Waals surface area contributed by atoms with E-state index in [4.69, 9.17) is 4.74 Å². The Kier molecular flexibility index (Phi) is 5.25. The van der Waals surface area contributed by atoms with E-state index in [1.54, 1.807) is 33.9 Å². The Morgan fingerprint density at radius 3 is 2.63 bits per heavy atom. The van der Waals surface area contributed by atoms with Gasteiger partial charge < -0.3 is 4.74 Å². The third-order valence-electron chi connectivity index (χ3n) is 6.34. The van der Waals surface area contributed by atoms with Crippen LogP contribution in [0.2, 0.25) is 0 Å². The van der Waals surface area contributed by atoms with Crippen LogP contribution in [0.25, 0.3) is 11.3 Å². The van der Waals surface area contributed by atoms with Crippen LogP contribution in [0.15, 0.2) is 84.0 Å². The summed E-state index contributed by atoms with van der Waals surface area (Å²) in [5, 5.41) is 4.19. The molecule has 0 fully saturated rings. The number of benzene rings is 2. The first kappa shape index (κ1) is 21.1. The number of ether oxygens (including phenoxy) is 1. The number of carbonyl (C=O) groups excluding carboxylic acids is 1. The Bertz CT molecular complexity index is 1580. The third-order valence-corrected chi connectivity index (χ3v) is 6.34. The fraction of sp³-hybridized carbons (Fsp3) is 0.185. The second-order valence-electron chi connectivity index (χ2n) is 8.59. The molecule has 1 aliphatic heterocycles. The number of ketones is 1. The standard InChI is InChI=1S/C27H23N5O3/c33-23(25-22-8-4-5-16-31(22)32(27(25)34)20-6-2-1-3-7-20)18-19-9-11-21(12-10-19)35-24-13-14-29-30-17-15-28-26(24)30/h1-3,6-7,9-15,17H,4-5,8,16,18H2. The van der Waals surface area contributed by atoms with Crippen molar-refractivity contribution in [3.05, 3.63) is 106 Å². The molecule has 6 rings (SSSR count). The minimum absolute atomic E-state index is 0.154. The van der Waals surface area contributed by atoms with Gasteiger partial charge in [-0.25, -0.2) is 14.2 Å². The zero-order valence-electron chi connectivity index (χ0n) is 19.0. The Balaban J connectivity index is 1.26. The number of imidazole rings is 1. The summed E-state index contributed by atoms with van der Waals surface area (Å²) in [4.78, 5) is 31.1. The van der Waals surface area contributed by atoms with E-state index in [1.807, 2.05) is 59.3 Å². The predicted molar refractivity (Wildman–Crippen MR) is 131 cm³/mol. The number of carbonyl (C=O) groups is 1. The van der Waals surface area contributed by atoms with Crippen LogP contribution in [0.5, 0.6) is 11.5 Å². The van der Waals surface area contributed by atoms with Crippen LogP contribution >= 0.6 is 0 Å². The molecular weight excluding hydrogens is 442 g/mol. The number of hydrogen-bond donors (Lipinski definition) is 0. The van der Waals surface area contributed by atoms with Crippen molar-refractivity contribution < 1.29 is 9.53 Å². The van der Waals surface area contributed by atoms with E-state index in [9.17, 15) is 9.59 Å². The zero-order valence-corrected chi connectivity index (χ0v) is 19.0. The fourth-order valence-electron chi connectivity index (χ4n) is 4.71. The van der Waals surface area contributed by atoms with Crippen LogP contribution in [-0.4, -0.2) is 29.7 Å². The van der Waals surface area contributed by atoms with E-state index >= 15 is 0 Å². The first-order chi connectivity index (χ1) is 17.2. The molecule has 0 amide bonds. The highest BCUT2D eigenvalue weighted by atomic mass is 16.5. The highest BCUT2D eigenvalue weighted by Crippen LogP contribution is 2.25. The maximum atomic E-state index is 13.4. The lowest BCUT2D eigenvalue weighted by Gasteiger charge is -2.19. The molecule has 0 N–H and O–H groups in total. The number of fused-ring (bicyclic) bond motifs is 2. The summed E-state index contributed by atoms with van der Waals surface area (Å²) in [6, 6.07) is 18.6. The molecule has 174 valence electrons. The Labute approximate surface area is 201 Å². The highest BCUT2D eigenvalue weighted by molar-refractivity contribution is 5.98. The fourth-order valence-corrected chi connectivity index (χ4v) is 4.71. The Hall–Kier alpha value is -4.46. The first-order valence-corrected chi connectivity index (χ1v) is 11.7. The third kappa shape index (κ3) is 3.82. The molecule has 0 aliphatic carbocycles. The van der Waals surface area contributed by atoms with Crippen LogP contribution in [0.4, 0.5) is 0 Å². The van der Waals surface area contributed by atoms with Gasteiger partial charge in [0.25, 0.3) is 5.56 Å². The van der Waals surface area contributed by atoms with Gasteiger partial charge in [-0.05, 0) is 49.1 Å². The topological polar surface area (TPSA) is 83.4 Å². The minimum Gasteiger partial charge on any atom is -0.453 e. The Morgan fingerprint density at radius 1 is 0.971 bits per heavy atom. The molecule has 0 unspecified atom stereocenters. The van der Waals surface area contributed by atoms with Gasteiger partial charge in [0.1, 0.15) is 11.3 Å². The molecular formula is C27H23N5O3. The summed E-state index contributed by atoms with van der Waals surface area (Å²) >= 11 is 0. The largest absolute Gasteiger partial charge is 0.453 e. The molecule has 1 aliphatic rings. The number of nitrogens with zero attached hydrogens (tertiary/aromatic N) is 5. The average molecular weight is 466 g/mol. The van der Waals surface area contributed by atoms with E-state index in [0.29, 0.717) is 22.7 Å². The molecule has 8 nitrogen and oxygen atoms in total. The van der Waals surface area contributed by atoms with Gasteiger partial charge in [-0.2, -0.15) is 5.10 Å². The molecule has 0 radical (unpaired) electrons. The normalized spacial score (nSPS) is 13.0. The van der Waals surface area contributed by atoms with Crippen LogP contribution in [0.3, 0.4) is 0 Å². The predicted octanol–water partition coefficient (Wildman–Crippen LogP) is 4.24. The minimum atomic E-state index is -0.237. The van der Waals surface area contributed by atoms with Crippen molar-refractivity contribution in [3.8, 4) is 17.2 Å². The van der Waals surface area contributed by atoms with Crippen molar-refractivity contribution in [2.24, 2.45) is 0 Å². The van der Waals surface area contributed by atoms with E-state index in [0.717, 1.165) is 42.8 Å². The van der Waals surface area contributed by atoms with Crippen molar-refractivity contribution in [2.45, 2.75) is 32.2 Å². The van der Waals surface area contributed by atoms with Crippen molar-refractivity contribution in [2.75, 3.05) is 0 Å². The highest BCUT2D eigenvalue weighted by Gasteiger charge is 2.27. The second-order valence-corrected chi connectivity index (χ2v) is 8.59. The molecule has 0 spiro atoms. The van der Waals surface area contributed by atoms with E-state index in [1.165, 1.54) is 0 Å². The molecule has 4 heterocycles. The number of hydrogen-bond acceptors (Lipinski definition) is 5. The molecule has 35 heavy (non-hydrogen) atoms. The van der Waals surface area contributed by atoms with E-state index in [-0.39, 0.29) is 17.8 Å². The molecule has 2 aromatic carbocycles. The SMILES string of the molecule is O=C(Cc1ccc(Oc2ccnn3ccnc23)cc1)c1c2n(n(-c3ccccc3)c1=O)CCCC2. The molecule has 0 saturated carbocycles.